The van der Waals surface area contributed by atoms with Crippen LogP contribution >= 0.6 is 23.4 Å². The number of thioether (sulfide) groups is 1. The normalized spacial score (nSPS) is 16.2. The highest BCUT2D eigenvalue weighted by Gasteiger charge is 2.22. The Kier molecular flexibility index (Phi) is 6.06. The smallest absolute Gasteiger partial charge is 0.0642 e. The second kappa shape index (κ2) is 7.58. The van der Waals surface area contributed by atoms with E-state index >= 15 is 0 Å². The van der Waals surface area contributed by atoms with Crippen LogP contribution in [-0.4, -0.2) is 31.1 Å². The highest BCUT2D eigenvalue weighted by Crippen LogP contribution is 2.32. The Labute approximate surface area is 132 Å². The minimum absolute atomic E-state index is 0.532. The van der Waals surface area contributed by atoms with Crippen LogP contribution in [0.15, 0.2) is 18.2 Å². The number of rotatable bonds is 8. The summed E-state index contributed by atoms with van der Waals surface area (Å²) < 4.78 is 0. The van der Waals surface area contributed by atoms with Crippen molar-refractivity contribution in [1.29, 1.82) is 0 Å². The molecule has 0 radical (unpaired) electrons. The average Bonchev–Trinajstić information content (AvgIpc) is 3.26. The van der Waals surface area contributed by atoms with E-state index in [1.165, 1.54) is 24.1 Å². The fraction of sp³-hybridized carbons (Fsp3) is 0.625. The zero-order valence-electron chi connectivity index (χ0n) is 12.7. The number of nitrogens with one attached hydrogen (secondary N) is 1. The highest BCUT2D eigenvalue weighted by atomic mass is 35.5. The van der Waals surface area contributed by atoms with Crippen LogP contribution in [0.5, 0.6) is 0 Å². The zero-order chi connectivity index (χ0) is 14.5. The molecular weight excluding hydrogens is 288 g/mol. The minimum atomic E-state index is 0.532. The summed E-state index contributed by atoms with van der Waals surface area (Å²) in [5, 5.41) is 4.46. The first-order valence-electron chi connectivity index (χ1n) is 7.39. The molecule has 2 nitrogen and oxygen atoms in total. The van der Waals surface area contributed by atoms with Crippen molar-refractivity contribution < 1.29 is 0 Å². The predicted molar refractivity (Wildman–Crippen MR) is 92.2 cm³/mol. The van der Waals surface area contributed by atoms with Gasteiger partial charge in [-0.3, -0.25) is 0 Å². The van der Waals surface area contributed by atoms with Crippen molar-refractivity contribution in [3.8, 4) is 0 Å². The van der Waals surface area contributed by atoms with Gasteiger partial charge in [-0.1, -0.05) is 30.7 Å². The summed E-state index contributed by atoms with van der Waals surface area (Å²) in [6.45, 7) is 3.16. The Morgan fingerprint density at radius 2 is 2.20 bits per heavy atom. The summed E-state index contributed by atoms with van der Waals surface area (Å²) in [5.41, 5.74) is 2.51. The summed E-state index contributed by atoms with van der Waals surface area (Å²) in [6, 6.07) is 7.50. The lowest BCUT2D eigenvalue weighted by atomic mass is 10.1. The third-order valence-corrected chi connectivity index (χ3v) is 4.98. The topological polar surface area (TPSA) is 15.3 Å². The van der Waals surface area contributed by atoms with E-state index in [9.17, 15) is 0 Å². The van der Waals surface area contributed by atoms with Gasteiger partial charge in [-0.05, 0) is 37.1 Å². The molecule has 1 aromatic rings. The second-order valence-electron chi connectivity index (χ2n) is 5.53. The van der Waals surface area contributed by atoms with E-state index in [0.717, 1.165) is 29.8 Å². The maximum Gasteiger partial charge on any atom is 0.0642 e. The van der Waals surface area contributed by atoms with E-state index in [1.54, 1.807) is 0 Å². The van der Waals surface area contributed by atoms with E-state index in [2.05, 4.69) is 42.6 Å². The van der Waals surface area contributed by atoms with Gasteiger partial charge in [0.2, 0.25) is 0 Å². The number of halogens is 1. The molecule has 1 aromatic carbocycles. The molecule has 0 amide bonds. The largest absolute Gasteiger partial charge is 0.369 e. The number of hydrogen-bond acceptors (Lipinski definition) is 3. The van der Waals surface area contributed by atoms with E-state index in [-0.39, 0.29) is 0 Å². The molecule has 0 aliphatic heterocycles. The van der Waals surface area contributed by atoms with Crippen molar-refractivity contribution in [2.24, 2.45) is 0 Å². The summed E-state index contributed by atoms with van der Waals surface area (Å²) >= 11 is 8.38. The lowest BCUT2D eigenvalue weighted by Gasteiger charge is -2.31. The van der Waals surface area contributed by atoms with Gasteiger partial charge >= 0.3 is 0 Å². The van der Waals surface area contributed by atoms with E-state index in [0.29, 0.717) is 6.04 Å². The standard InChI is InChI=1S/C16H25ClN2S/c1-4-14(11-20-3)19(2)16-12(6-5-7-15(16)17)10-18-13-8-9-13/h5-7,13-14,18H,4,8-11H2,1-3H3. The van der Waals surface area contributed by atoms with Crippen LogP contribution in [0.25, 0.3) is 0 Å². The van der Waals surface area contributed by atoms with E-state index in [4.69, 9.17) is 11.6 Å². The van der Waals surface area contributed by atoms with E-state index < -0.39 is 0 Å². The number of benzene rings is 1. The molecule has 0 aromatic heterocycles. The molecular formula is C16H25ClN2S. The zero-order valence-corrected chi connectivity index (χ0v) is 14.2. The van der Waals surface area contributed by atoms with Crippen LogP contribution in [0.3, 0.4) is 0 Å². The van der Waals surface area contributed by atoms with Gasteiger partial charge in [0, 0.05) is 31.4 Å². The van der Waals surface area contributed by atoms with Gasteiger partial charge in [0.1, 0.15) is 0 Å². The van der Waals surface area contributed by atoms with Gasteiger partial charge in [-0.2, -0.15) is 11.8 Å². The molecule has 20 heavy (non-hydrogen) atoms. The molecule has 1 aliphatic carbocycles. The first-order valence-corrected chi connectivity index (χ1v) is 9.17. The maximum absolute atomic E-state index is 6.48. The highest BCUT2D eigenvalue weighted by molar-refractivity contribution is 7.98. The molecule has 1 N–H and O–H groups in total. The van der Waals surface area contributed by atoms with Crippen molar-refractivity contribution in [3.63, 3.8) is 0 Å². The summed E-state index contributed by atoms with van der Waals surface area (Å²) in [5.74, 6) is 1.13. The Hall–Kier alpha value is -0.380. The minimum Gasteiger partial charge on any atom is -0.369 e. The van der Waals surface area contributed by atoms with Crippen LogP contribution in [0.2, 0.25) is 5.02 Å². The molecule has 1 fully saturated rings. The SMILES string of the molecule is CCC(CSC)N(C)c1c(Cl)cccc1CNC1CC1. The van der Waals surface area contributed by atoms with Crippen molar-refractivity contribution in [2.75, 3.05) is 24.0 Å². The van der Waals surface area contributed by atoms with Gasteiger partial charge in [0.15, 0.2) is 0 Å². The summed E-state index contributed by atoms with van der Waals surface area (Å²) in [7, 11) is 2.17. The molecule has 0 bridgehead atoms. The first-order chi connectivity index (χ1) is 9.67. The van der Waals surface area contributed by atoms with Crippen LogP contribution in [0.1, 0.15) is 31.7 Å². The van der Waals surface area contributed by atoms with Gasteiger partial charge in [0.25, 0.3) is 0 Å². The number of nitrogens with zero attached hydrogens (tertiary/aromatic N) is 1. The van der Waals surface area contributed by atoms with Gasteiger partial charge in [0.05, 0.1) is 10.7 Å². The van der Waals surface area contributed by atoms with Gasteiger partial charge < -0.3 is 10.2 Å². The van der Waals surface area contributed by atoms with Crippen molar-refractivity contribution in [1.82, 2.24) is 5.32 Å². The lowest BCUT2D eigenvalue weighted by Crippen LogP contribution is -2.34. The molecule has 1 atom stereocenters. The molecule has 0 saturated heterocycles. The Balaban J connectivity index is 2.17. The van der Waals surface area contributed by atoms with Gasteiger partial charge in [-0.25, -0.2) is 0 Å². The van der Waals surface area contributed by atoms with Crippen LogP contribution in [0, 0.1) is 0 Å². The van der Waals surface area contributed by atoms with Crippen molar-refractivity contribution >= 4 is 29.1 Å². The Bertz CT molecular complexity index is 434. The molecule has 1 aliphatic rings. The molecule has 1 unspecified atom stereocenters. The molecule has 2 rings (SSSR count). The number of anilines is 1. The average molecular weight is 313 g/mol. The molecule has 4 heteroatoms. The summed E-state index contributed by atoms with van der Waals surface area (Å²) in [6.07, 6.45) is 5.93. The molecule has 1 saturated carbocycles. The quantitative estimate of drug-likeness (QED) is 0.775. The van der Waals surface area contributed by atoms with Crippen LogP contribution < -0.4 is 10.2 Å². The van der Waals surface area contributed by atoms with Gasteiger partial charge in [-0.15, -0.1) is 0 Å². The summed E-state index contributed by atoms with van der Waals surface area (Å²) in [4.78, 5) is 2.36. The number of para-hydroxylation sites is 1. The molecule has 112 valence electrons. The third-order valence-electron chi connectivity index (χ3n) is 3.96. The van der Waals surface area contributed by atoms with Crippen LogP contribution in [-0.2, 0) is 6.54 Å². The fourth-order valence-corrected chi connectivity index (χ4v) is 3.69. The molecule has 0 heterocycles. The first kappa shape index (κ1) is 16.0. The Morgan fingerprint density at radius 3 is 2.80 bits per heavy atom. The second-order valence-corrected chi connectivity index (χ2v) is 6.85. The maximum atomic E-state index is 6.48. The monoisotopic (exact) mass is 312 g/mol. The lowest BCUT2D eigenvalue weighted by molar-refractivity contribution is 0.656. The third kappa shape index (κ3) is 4.06. The molecule has 0 spiro atoms. The predicted octanol–water partition coefficient (Wildman–Crippen LogP) is 4.17. The fourth-order valence-electron chi connectivity index (χ4n) is 2.52. The van der Waals surface area contributed by atoms with E-state index in [1.807, 2.05) is 17.8 Å². The van der Waals surface area contributed by atoms with Crippen LogP contribution in [0.4, 0.5) is 5.69 Å². The number of hydrogen-bond donors (Lipinski definition) is 1. The Morgan fingerprint density at radius 1 is 1.45 bits per heavy atom. The van der Waals surface area contributed by atoms with Crippen molar-refractivity contribution in [2.45, 2.75) is 44.8 Å². The van der Waals surface area contributed by atoms with Crippen molar-refractivity contribution in [3.05, 3.63) is 28.8 Å².